The van der Waals surface area contributed by atoms with E-state index in [-0.39, 0.29) is 17.2 Å². The van der Waals surface area contributed by atoms with Crippen molar-refractivity contribution in [2.45, 2.75) is 13.8 Å². The van der Waals surface area contributed by atoms with E-state index in [2.05, 4.69) is 30.5 Å². The third-order valence-corrected chi connectivity index (χ3v) is 4.47. The summed E-state index contributed by atoms with van der Waals surface area (Å²) < 4.78 is 25.6. The number of rotatable bonds is 6. The van der Waals surface area contributed by atoms with Gasteiger partial charge in [0.05, 0.1) is 17.5 Å². The number of aromatic nitrogens is 3. The normalized spacial score (nSPS) is 11.0. The van der Waals surface area contributed by atoms with Gasteiger partial charge >= 0.3 is 0 Å². The number of hydrogen-bond acceptors (Lipinski definition) is 6. The Bertz CT molecular complexity index is 1200. The number of nitrogens with zero attached hydrogens (tertiary/aromatic N) is 2. The van der Waals surface area contributed by atoms with Gasteiger partial charge in [-0.2, -0.15) is 5.10 Å². The fourth-order valence-electron chi connectivity index (χ4n) is 2.67. The summed E-state index contributed by atoms with van der Waals surface area (Å²) in [7, 11) is -3.61. The van der Waals surface area contributed by atoms with E-state index >= 15 is 0 Å². The molecule has 0 aliphatic heterocycles. The van der Waals surface area contributed by atoms with E-state index in [4.69, 9.17) is 0 Å². The molecule has 0 bridgehead atoms. The van der Waals surface area contributed by atoms with Gasteiger partial charge in [0, 0.05) is 23.9 Å². The molecule has 0 saturated carbocycles. The first kappa shape index (κ1) is 21.0. The molecule has 3 rings (SSSR count). The molecule has 0 fully saturated rings. The number of aryl methyl sites for hydroxylation is 1. The van der Waals surface area contributed by atoms with Crippen LogP contribution in [0, 0.1) is 6.92 Å². The molecule has 10 nitrogen and oxygen atoms in total. The molecule has 0 atom stereocenters. The lowest BCUT2D eigenvalue weighted by atomic mass is 10.1. The second kappa shape index (κ2) is 8.33. The molecular weight excluding hydrogens is 408 g/mol. The topological polar surface area (TPSA) is 146 Å². The number of H-pyrrole nitrogens is 1. The first-order chi connectivity index (χ1) is 14.1. The van der Waals surface area contributed by atoms with Crippen molar-refractivity contribution >= 4 is 38.9 Å². The molecule has 0 saturated heterocycles. The van der Waals surface area contributed by atoms with Crippen LogP contribution < -0.4 is 15.4 Å². The van der Waals surface area contributed by atoms with E-state index in [1.54, 1.807) is 31.2 Å². The Balaban J connectivity index is 1.86. The zero-order valence-electron chi connectivity index (χ0n) is 16.5. The fourth-order valence-corrected chi connectivity index (χ4v) is 3.25. The van der Waals surface area contributed by atoms with Crippen molar-refractivity contribution in [3.8, 4) is 11.4 Å². The summed E-state index contributed by atoms with van der Waals surface area (Å²) >= 11 is 0. The summed E-state index contributed by atoms with van der Waals surface area (Å²) in [5.74, 6) is 0.359. The molecule has 0 aliphatic carbocycles. The van der Waals surface area contributed by atoms with Crippen LogP contribution >= 0.6 is 0 Å². The second-order valence-corrected chi connectivity index (χ2v) is 8.34. The van der Waals surface area contributed by atoms with Crippen LogP contribution in [0.25, 0.3) is 11.4 Å². The maximum Gasteiger partial charge on any atom is 0.257 e. The lowest BCUT2D eigenvalue weighted by Crippen LogP contribution is -2.18. The monoisotopic (exact) mass is 428 g/mol. The number of aromatic amines is 1. The minimum absolute atomic E-state index is 0.0559. The quantitative estimate of drug-likeness (QED) is 0.474. The highest BCUT2D eigenvalue weighted by molar-refractivity contribution is 7.92. The van der Waals surface area contributed by atoms with Crippen molar-refractivity contribution in [3.05, 3.63) is 53.9 Å². The zero-order chi connectivity index (χ0) is 21.9. The molecule has 0 aliphatic rings. The number of carbonyl (C=O) groups excluding carboxylic acids is 2. The Morgan fingerprint density at radius 2 is 1.67 bits per heavy atom. The molecule has 2 aromatic carbocycles. The van der Waals surface area contributed by atoms with Crippen molar-refractivity contribution in [3.63, 3.8) is 0 Å². The highest BCUT2D eigenvalue weighted by Gasteiger charge is 2.16. The molecule has 4 N–H and O–H groups in total. The number of hydrogen-bond donors (Lipinski definition) is 4. The molecule has 1 aromatic heterocycles. The van der Waals surface area contributed by atoms with Gasteiger partial charge in [0.15, 0.2) is 5.82 Å². The first-order valence-corrected chi connectivity index (χ1v) is 10.7. The minimum atomic E-state index is -3.61. The molecule has 156 valence electrons. The third-order valence-electron chi connectivity index (χ3n) is 3.88. The van der Waals surface area contributed by atoms with Crippen LogP contribution in [0.4, 0.5) is 17.1 Å². The second-order valence-electron chi connectivity index (χ2n) is 6.59. The summed E-state index contributed by atoms with van der Waals surface area (Å²) in [4.78, 5) is 28.4. The predicted octanol–water partition coefficient (Wildman–Crippen LogP) is 2.36. The minimum Gasteiger partial charge on any atom is -0.326 e. The summed E-state index contributed by atoms with van der Waals surface area (Å²) in [6.07, 6.45) is 0.986. The summed E-state index contributed by atoms with van der Waals surface area (Å²) in [5, 5.41) is 12.1. The fraction of sp³-hybridized carbons (Fsp3) is 0.158. The van der Waals surface area contributed by atoms with Crippen molar-refractivity contribution in [2.24, 2.45) is 0 Å². The van der Waals surface area contributed by atoms with Gasteiger partial charge in [0.2, 0.25) is 15.9 Å². The van der Waals surface area contributed by atoms with Crippen molar-refractivity contribution in [2.75, 3.05) is 21.6 Å². The Labute approximate surface area is 173 Å². The van der Waals surface area contributed by atoms with Crippen molar-refractivity contribution in [1.29, 1.82) is 0 Å². The standard InChI is InChI=1S/C19H20N6O4S/c1-11-20-18(24-23-11)13-4-6-14(7-5-13)22-19(27)16-10-15(21-12(2)26)8-9-17(16)25-30(3,28)29/h4-10,25H,1-3H3,(H,21,26)(H,22,27)(H,20,23,24). The van der Waals surface area contributed by atoms with Crippen LogP contribution in [-0.2, 0) is 14.8 Å². The lowest BCUT2D eigenvalue weighted by molar-refractivity contribution is -0.114. The van der Waals surface area contributed by atoms with Gasteiger partial charge in [-0.25, -0.2) is 13.4 Å². The summed E-state index contributed by atoms with van der Waals surface area (Å²) in [6.45, 7) is 3.13. The third kappa shape index (κ3) is 5.41. The van der Waals surface area contributed by atoms with E-state index in [1.807, 2.05) is 0 Å². The number of anilines is 3. The number of carbonyl (C=O) groups is 2. The van der Waals surface area contributed by atoms with Gasteiger partial charge in [-0.3, -0.25) is 19.4 Å². The Morgan fingerprint density at radius 1 is 1.00 bits per heavy atom. The highest BCUT2D eigenvalue weighted by atomic mass is 32.2. The first-order valence-electron chi connectivity index (χ1n) is 8.81. The zero-order valence-corrected chi connectivity index (χ0v) is 17.3. The number of sulfonamides is 1. The molecule has 0 spiro atoms. The van der Waals surface area contributed by atoms with Crippen LogP contribution in [0.2, 0.25) is 0 Å². The molecule has 1 heterocycles. The average Bonchev–Trinajstić information content (AvgIpc) is 3.08. The van der Waals surface area contributed by atoms with Gasteiger partial charge < -0.3 is 10.6 Å². The van der Waals surface area contributed by atoms with E-state index in [0.29, 0.717) is 23.0 Å². The van der Waals surface area contributed by atoms with Crippen molar-refractivity contribution < 1.29 is 18.0 Å². The van der Waals surface area contributed by atoms with Gasteiger partial charge in [-0.15, -0.1) is 0 Å². The van der Waals surface area contributed by atoms with Gasteiger partial charge in [0.1, 0.15) is 5.82 Å². The molecule has 30 heavy (non-hydrogen) atoms. The van der Waals surface area contributed by atoms with Gasteiger partial charge in [-0.05, 0) is 49.4 Å². The summed E-state index contributed by atoms with van der Waals surface area (Å²) in [5.41, 5.74) is 1.77. The predicted molar refractivity (Wildman–Crippen MR) is 114 cm³/mol. The van der Waals surface area contributed by atoms with E-state index in [9.17, 15) is 18.0 Å². The van der Waals surface area contributed by atoms with Crippen LogP contribution in [0.1, 0.15) is 23.1 Å². The lowest BCUT2D eigenvalue weighted by Gasteiger charge is -2.13. The maximum absolute atomic E-state index is 12.8. The molecule has 2 amide bonds. The number of nitrogens with one attached hydrogen (secondary N) is 4. The average molecular weight is 428 g/mol. The molecule has 0 radical (unpaired) electrons. The Hall–Kier alpha value is -3.73. The van der Waals surface area contributed by atoms with Gasteiger partial charge in [0.25, 0.3) is 5.91 Å². The summed E-state index contributed by atoms with van der Waals surface area (Å²) in [6, 6.07) is 11.2. The van der Waals surface area contributed by atoms with Crippen LogP contribution in [-0.4, -0.2) is 41.7 Å². The number of amides is 2. The van der Waals surface area contributed by atoms with Crippen LogP contribution in [0.15, 0.2) is 42.5 Å². The smallest absolute Gasteiger partial charge is 0.257 e. The van der Waals surface area contributed by atoms with E-state index in [0.717, 1.165) is 11.8 Å². The Morgan fingerprint density at radius 3 is 2.23 bits per heavy atom. The number of benzene rings is 2. The molecular formula is C19H20N6O4S. The van der Waals surface area contributed by atoms with Crippen molar-refractivity contribution in [1.82, 2.24) is 15.2 Å². The molecule has 0 unspecified atom stereocenters. The maximum atomic E-state index is 12.8. The van der Waals surface area contributed by atoms with Gasteiger partial charge in [-0.1, -0.05) is 0 Å². The molecule has 3 aromatic rings. The van der Waals surface area contributed by atoms with E-state index < -0.39 is 15.9 Å². The largest absolute Gasteiger partial charge is 0.326 e. The SMILES string of the molecule is CC(=O)Nc1ccc(NS(C)(=O)=O)c(C(=O)Nc2ccc(-c3n[nH]c(C)n3)cc2)c1. The highest BCUT2D eigenvalue weighted by Crippen LogP contribution is 2.24. The van der Waals surface area contributed by atoms with Crippen LogP contribution in [0.5, 0.6) is 0 Å². The van der Waals surface area contributed by atoms with Crippen LogP contribution in [0.3, 0.4) is 0 Å². The molecule has 11 heteroatoms. The van der Waals surface area contributed by atoms with E-state index in [1.165, 1.54) is 25.1 Å². The Kier molecular flexibility index (Phi) is 5.83.